The number of rotatable bonds is 7. The van der Waals surface area contributed by atoms with Crippen LogP contribution in [0.2, 0.25) is 0 Å². The summed E-state index contributed by atoms with van der Waals surface area (Å²) >= 11 is 0. The molecule has 0 aliphatic carbocycles. The summed E-state index contributed by atoms with van der Waals surface area (Å²) in [5, 5.41) is 7.07. The Morgan fingerprint density at radius 1 is 1.32 bits per heavy atom. The van der Waals surface area contributed by atoms with Crippen molar-refractivity contribution in [2.45, 2.75) is 32.7 Å². The fraction of sp³-hybridized carbons (Fsp3) is 0.524. The maximum atomic E-state index is 12.9. The summed E-state index contributed by atoms with van der Waals surface area (Å²) < 4.78 is 16.2. The van der Waals surface area contributed by atoms with Crippen molar-refractivity contribution in [3.8, 4) is 5.75 Å². The third-order valence-electron chi connectivity index (χ3n) is 5.06. The largest absolute Gasteiger partial charge is 0.497 e. The molecule has 2 heterocycles. The van der Waals surface area contributed by atoms with E-state index in [9.17, 15) is 4.79 Å². The van der Waals surface area contributed by atoms with Gasteiger partial charge in [-0.3, -0.25) is 9.69 Å². The average Bonchev–Trinajstić information content (AvgIpc) is 3.11. The molecule has 7 heteroatoms. The van der Waals surface area contributed by atoms with Crippen molar-refractivity contribution in [3.63, 3.8) is 0 Å². The third-order valence-corrected chi connectivity index (χ3v) is 5.06. The Labute approximate surface area is 166 Å². The Balaban J connectivity index is 1.80. The normalized spacial score (nSPS) is 16.2. The van der Waals surface area contributed by atoms with Gasteiger partial charge in [-0.1, -0.05) is 31.1 Å². The van der Waals surface area contributed by atoms with Gasteiger partial charge in [0.25, 0.3) is 5.91 Å². The molecule has 1 fully saturated rings. The monoisotopic (exact) mass is 387 g/mol. The van der Waals surface area contributed by atoms with Crippen LogP contribution in [-0.2, 0) is 4.74 Å². The Kier molecular flexibility index (Phi) is 6.70. The smallest absolute Gasteiger partial charge is 0.256 e. The van der Waals surface area contributed by atoms with E-state index in [4.69, 9.17) is 14.0 Å². The van der Waals surface area contributed by atoms with Crippen LogP contribution in [0.1, 0.15) is 53.2 Å². The van der Waals surface area contributed by atoms with Crippen LogP contribution in [0.4, 0.5) is 0 Å². The fourth-order valence-electron chi connectivity index (χ4n) is 3.53. The number of benzene rings is 1. The van der Waals surface area contributed by atoms with Gasteiger partial charge in [-0.25, -0.2) is 0 Å². The van der Waals surface area contributed by atoms with Crippen molar-refractivity contribution < 1.29 is 18.8 Å². The number of morpholine rings is 1. The highest BCUT2D eigenvalue weighted by Crippen LogP contribution is 2.26. The van der Waals surface area contributed by atoms with Gasteiger partial charge >= 0.3 is 0 Å². The fourth-order valence-corrected chi connectivity index (χ4v) is 3.53. The molecule has 1 aliphatic heterocycles. The zero-order valence-corrected chi connectivity index (χ0v) is 17.0. The van der Waals surface area contributed by atoms with E-state index >= 15 is 0 Å². The topological polar surface area (TPSA) is 76.8 Å². The minimum absolute atomic E-state index is 0.0330. The second kappa shape index (κ2) is 9.21. The molecule has 3 rings (SSSR count). The minimum atomic E-state index is -0.149. The molecule has 0 spiro atoms. The molecule has 1 N–H and O–H groups in total. The standard InChI is InChI=1S/C21H29N3O4/c1-14(2)20-19(15(3)23-28-20)21(25)22-13-18(24-8-10-27-11-9-24)16-6-5-7-17(12-16)26-4/h5-7,12,14,18H,8-11,13H2,1-4H3,(H,22,25). The van der Waals surface area contributed by atoms with E-state index in [1.54, 1.807) is 14.0 Å². The van der Waals surface area contributed by atoms with Crippen LogP contribution < -0.4 is 10.1 Å². The van der Waals surface area contributed by atoms with E-state index in [0.29, 0.717) is 36.8 Å². The molecule has 1 aromatic carbocycles. The Morgan fingerprint density at radius 3 is 2.75 bits per heavy atom. The first-order valence-corrected chi connectivity index (χ1v) is 9.71. The highest BCUT2D eigenvalue weighted by molar-refractivity contribution is 5.96. The lowest BCUT2D eigenvalue weighted by Crippen LogP contribution is -2.44. The number of hydrogen-bond donors (Lipinski definition) is 1. The van der Waals surface area contributed by atoms with E-state index < -0.39 is 0 Å². The molecule has 1 unspecified atom stereocenters. The van der Waals surface area contributed by atoms with Gasteiger partial charge in [0.1, 0.15) is 11.3 Å². The summed E-state index contributed by atoms with van der Waals surface area (Å²) in [5.74, 6) is 1.37. The maximum absolute atomic E-state index is 12.9. The number of aryl methyl sites for hydroxylation is 1. The average molecular weight is 387 g/mol. The Bertz CT molecular complexity index is 797. The van der Waals surface area contributed by atoms with Crippen LogP contribution in [0.3, 0.4) is 0 Å². The van der Waals surface area contributed by atoms with Gasteiger partial charge in [0.2, 0.25) is 0 Å². The summed E-state index contributed by atoms with van der Waals surface area (Å²) in [6, 6.07) is 8.03. The number of methoxy groups -OCH3 is 1. The Hall–Kier alpha value is -2.38. The number of aromatic nitrogens is 1. The lowest BCUT2D eigenvalue weighted by atomic mass is 10.0. The molecule has 1 amide bonds. The van der Waals surface area contributed by atoms with Gasteiger partial charge in [0.15, 0.2) is 5.76 Å². The first-order chi connectivity index (χ1) is 13.5. The van der Waals surface area contributed by atoms with Crippen LogP contribution >= 0.6 is 0 Å². The van der Waals surface area contributed by atoms with Crippen LogP contribution in [0.5, 0.6) is 5.75 Å². The second-order valence-corrected chi connectivity index (χ2v) is 7.31. The molecule has 1 aromatic heterocycles. The number of carbonyl (C=O) groups is 1. The Morgan fingerprint density at radius 2 is 2.07 bits per heavy atom. The SMILES string of the molecule is COc1cccc(C(CNC(=O)c2c(C)noc2C(C)C)N2CCOCC2)c1. The molecule has 152 valence electrons. The molecular weight excluding hydrogens is 358 g/mol. The van der Waals surface area contributed by atoms with Gasteiger partial charge in [-0.15, -0.1) is 0 Å². The molecule has 2 aromatic rings. The van der Waals surface area contributed by atoms with Gasteiger partial charge in [-0.2, -0.15) is 0 Å². The highest BCUT2D eigenvalue weighted by atomic mass is 16.5. The summed E-state index contributed by atoms with van der Waals surface area (Å²) in [7, 11) is 1.66. The van der Waals surface area contributed by atoms with Gasteiger partial charge in [0, 0.05) is 25.6 Å². The number of hydrogen-bond acceptors (Lipinski definition) is 6. The molecule has 1 saturated heterocycles. The summed E-state index contributed by atoms with van der Waals surface area (Å²) in [4.78, 5) is 15.3. The first kappa shape index (κ1) is 20.4. The van der Waals surface area contributed by atoms with Crippen molar-refractivity contribution in [2.75, 3.05) is 40.0 Å². The van der Waals surface area contributed by atoms with Crippen LogP contribution in [0, 0.1) is 6.92 Å². The third kappa shape index (κ3) is 4.54. The van der Waals surface area contributed by atoms with Gasteiger partial charge in [-0.05, 0) is 24.6 Å². The van der Waals surface area contributed by atoms with Gasteiger partial charge in [0.05, 0.1) is 32.1 Å². The predicted octanol–water partition coefficient (Wildman–Crippen LogP) is 2.92. The maximum Gasteiger partial charge on any atom is 0.256 e. The molecular formula is C21H29N3O4. The zero-order chi connectivity index (χ0) is 20.1. The molecule has 0 radical (unpaired) electrons. The highest BCUT2D eigenvalue weighted by Gasteiger charge is 2.26. The van der Waals surface area contributed by atoms with E-state index in [1.165, 1.54) is 0 Å². The van der Waals surface area contributed by atoms with E-state index in [-0.39, 0.29) is 17.9 Å². The quantitative estimate of drug-likeness (QED) is 0.787. The van der Waals surface area contributed by atoms with Crippen LogP contribution in [0.15, 0.2) is 28.8 Å². The van der Waals surface area contributed by atoms with E-state index in [2.05, 4.69) is 21.4 Å². The number of amides is 1. The van der Waals surface area contributed by atoms with Crippen LogP contribution in [0.25, 0.3) is 0 Å². The molecule has 1 aliphatic rings. The second-order valence-electron chi connectivity index (χ2n) is 7.31. The number of nitrogens with one attached hydrogen (secondary N) is 1. The predicted molar refractivity (Wildman–Crippen MR) is 106 cm³/mol. The van der Waals surface area contributed by atoms with Gasteiger partial charge < -0.3 is 19.3 Å². The molecule has 1 atom stereocenters. The zero-order valence-electron chi connectivity index (χ0n) is 17.0. The van der Waals surface area contributed by atoms with Crippen molar-refractivity contribution >= 4 is 5.91 Å². The molecule has 28 heavy (non-hydrogen) atoms. The van der Waals surface area contributed by atoms with E-state index in [1.807, 2.05) is 32.0 Å². The first-order valence-electron chi connectivity index (χ1n) is 9.71. The van der Waals surface area contributed by atoms with Crippen molar-refractivity contribution in [1.82, 2.24) is 15.4 Å². The molecule has 0 saturated carbocycles. The molecule has 0 bridgehead atoms. The summed E-state index contributed by atoms with van der Waals surface area (Å²) in [5.41, 5.74) is 2.26. The number of ether oxygens (including phenoxy) is 2. The number of carbonyl (C=O) groups excluding carboxylic acids is 1. The van der Waals surface area contributed by atoms with Crippen molar-refractivity contribution in [3.05, 3.63) is 46.8 Å². The van der Waals surface area contributed by atoms with Crippen molar-refractivity contribution in [2.24, 2.45) is 0 Å². The molecule has 7 nitrogen and oxygen atoms in total. The van der Waals surface area contributed by atoms with E-state index in [0.717, 1.165) is 24.4 Å². The lowest BCUT2D eigenvalue weighted by molar-refractivity contribution is 0.0162. The summed E-state index contributed by atoms with van der Waals surface area (Å²) in [6.07, 6.45) is 0. The minimum Gasteiger partial charge on any atom is -0.497 e. The number of nitrogens with zero attached hydrogens (tertiary/aromatic N) is 2. The summed E-state index contributed by atoms with van der Waals surface area (Å²) in [6.45, 7) is 9.28. The van der Waals surface area contributed by atoms with Crippen LogP contribution in [-0.4, -0.2) is 55.9 Å². The lowest BCUT2D eigenvalue weighted by Gasteiger charge is -2.35. The van der Waals surface area contributed by atoms with Crippen molar-refractivity contribution in [1.29, 1.82) is 0 Å².